The number of nitrogens with two attached hydrogens (primary N) is 1. The van der Waals surface area contributed by atoms with Crippen LogP contribution >= 0.6 is 23.2 Å². The molecule has 1 aliphatic heterocycles. The molecule has 0 unspecified atom stereocenters. The molecule has 0 aromatic heterocycles. The van der Waals surface area contributed by atoms with Crippen LogP contribution in [0.1, 0.15) is 31.2 Å². The summed E-state index contributed by atoms with van der Waals surface area (Å²) in [6, 6.07) is 9.94. The van der Waals surface area contributed by atoms with Gasteiger partial charge in [0.15, 0.2) is 0 Å². The average molecular weight is 535 g/mol. The number of nitrogen functional groups attached to an aromatic ring is 1. The van der Waals surface area contributed by atoms with E-state index in [1.165, 1.54) is 12.1 Å². The van der Waals surface area contributed by atoms with Crippen LogP contribution in [0.2, 0.25) is 10.0 Å². The molecule has 2 aromatic carbocycles. The van der Waals surface area contributed by atoms with E-state index in [1.807, 2.05) is 23.1 Å². The van der Waals surface area contributed by atoms with Crippen LogP contribution in [0.3, 0.4) is 0 Å². The van der Waals surface area contributed by atoms with Crippen molar-refractivity contribution in [2.24, 2.45) is 5.92 Å². The first-order chi connectivity index (χ1) is 17.3. The van der Waals surface area contributed by atoms with Crippen molar-refractivity contribution in [2.75, 3.05) is 57.4 Å². The maximum absolute atomic E-state index is 13.7. The SMILES string of the molecule is CN1CCN(CCCN(C(=O)Nc2ccc(F)c(N)c2)[C@@H]2CC[C@]3(c4cc(Cl)ccc4Cl)C[C@H]23)CC1. The van der Waals surface area contributed by atoms with E-state index in [0.29, 0.717) is 23.2 Å². The Hall–Kier alpha value is -2.06. The first-order valence-electron chi connectivity index (χ1n) is 12.8. The number of nitrogens with one attached hydrogen (secondary N) is 1. The molecular formula is C27H34Cl2FN5O. The van der Waals surface area contributed by atoms with Gasteiger partial charge in [0.05, 0.1) is 5.69 Å². The topological polar surface area (TPSA) is 64.8 Å². The van der Waals surface area contributed by atoms with E-state index in [0.717, 1.165) is 69.0 Å². The number of amides is 2. The molecule has 3 fully saturated rings. The minimum atomic E-state index is -0.492. The molecule has 3 atom stereocenters. The Balaban J connectivity index is 1.31. The fraction of sp³-hybridized carbons (Fsp3) is 0.519. The minimum Gasteiger partial charge on any atom is -0.396 e. The standard InChI is InChI=1S/C27H34Cl2FN5O/c1-33-11-13-34(14-12-33)9-2-10-35(26(36)32-19-4-6-23(30)24(31)16-19)25-7-8-27(17-21(25)27)20-15-18(28)3-5-22(20)29/h3-6,15-16,21,25H,2,7-14,17,31H2,1H3,(H,32,36)/t21-,25-,27-/m1/s1. The third kappa shape index (κ3) is 5.17. The highest BCUT2D eigenvalue weighted by Gasteiger charge is 2.64. The maximum Gasteiger partial charge on any atom is 0.322 e. The number of benzene rings is 2. The molecule has 6 nitrogen and oxygen atoms in total. The predicted octanol–water partition coefficient (Wildman–Crippen LogP) is 5.31. The van der Waals surface area contributed by atoms with Gasteiger partial charge in [0.2, 0.25) is 0 Å². The smallest absolute Gasteiger partial charge is 0.322 e. The summed E-state index contributed by atoms with van der Waals surface area (Å²) in [5, 5.41) is 4.40. The lowest BCUT2D eigenvalue weighted by Crippen LogP contribution is -2.47. The van der Waals surface area contributed by atoms with Gasteiger partial charge in [0.1, 0.15) is 5.82 Å². The number of urea groups is 1. The molecule has 0 spiro atoms. The highest BCUT2D eigenvalue weighted by Crippen LogP contribution is 2.66. The van der Waals surface area contributed by atoms with Gasteiger partial charge in [-0.2, -0.15) is 0 Å². The van der Waals surface area contributed by atoms with Gasteiger partial charge in [0.25, 0.3) is 0 Å². The molecule has 2 amide bonds. The van der Waals surface area contributed by atoms with Gasteiger partial charge in [-0.05, 0) is 87.2 Å². The van der Waals surface area contributed by atoms with Crippen LogP contribution < -0.4 is 11.1 Å². The first kappa shape index (κ1) is 25.6. The maximum atomic E-state index is 13.7. The van der Waals surface area contributed by atoms with Crippen molar-refractivity contribution in [1.29, 1.82) is 0 Å². The first-order valence-corrected chi connectivity index (χ1v) is 13.5. The van der Waals surface area contributed by atoms with Crippen LogP contribution in [0.5, 0.6) is 0 Å². The Morgan fingerprint density at radius 3 is 2.69 bits per heavy atom. The molecule has 194 valence electrons. The lowest BCUT2D eigenvalue weighted by atomic mass is 9.93. The van der Waals surface area contributed by atoms with Gasteiger partial charge in [-0.15, -0.1) is 0 Å². The number of carbonyl (C=O) groups is 1. The molecule has 3 aliphatic rings. The molecule has 1 heterocycles. The van der Waals surface area contributed by atoms with Crippen molar-refractivity contribution in [3.05, 3.63) is 57.8 Å². The monoisotopic (exact) mass is 533 g/mol. The van der Waals surface area contributed by atoms with E-state index < -0.39 is 5.82 Å². The van der Waals surface area contributed by atoms with E-state index in [1.54, 1.807) is 6.07 Å². The lowest BCUT2D eigenvalue weighted by Gasteiger charge is -2.34. The van der Waals surface area contributed by atoms with Crippen LogP contribution in [-0.2, 0) is 5.41 Å². The number of hydrogen-bond donors (Lipinski definition) is 2. The highest BCUT2D eigenvalue weighted by atomic mass is 35.5. The van der Waals surface area contributed by atoms with Crippen LogP contribution in [0.4, 0.5) is 20.6 Å². The Bertz CT molecular complexity index is 1130. The van der Waals surface area contributed by atoms with Crippen molar-refractivity contribution in [2.45, 2.75) is 37.1 Å². The summed E-state index contributed by atoms with van der Waals surface area (Å²) in [6.45, 7) is 5.88. The molecule has 0 bridgehead atoms. The van der Waals surface area contributed by atoms with Gasteiger partial charge in [-0.3, -0.25) is 0 Å². The molecule has 2 aliphatic carbocycles. The summed E-state index contributed by atoms with van der Waals surface area (Å²) in [6.07, 6.45) is 3.80. The number of fused-ring (bicyclic) bond motifs is 1. The largest absolute Gasteiger partial charge is 0.396 e. The third-order valence-corrected chi connectivity index (χ3v) is 8.89. The molecule has 9 heteroatoms. The van der Waals surface area contributed by atoms with Crippen molar-refractivity contribution in [1.82, 2.24) is 14.7 Å². The van der Waals surface area contributed by atoms with Gasteiger partial charge in [0, 0.05) is 59.9 Å². The van der Waals surface area contributed by atoms with Crippen LogP contribution in [-0.4, -0.2) is 73.1 Å². The van der Waals surface area contributed by atoms with Crippen molar-refractivity contribution >= 4 is 40.6 Å². The van der Waals surface area contributed by atoms with E-state index >= 15 is 0 Å². The van der Waals surface area contributed by atoms with Crippen molar-refractivity contribution in [3.63, 3.8) is 0 Å². The second kappa shape index (κ2) is 10.4. The number of likely N-dealkylation sites (N-methyl/N-ethyl adjacent to an activating group) is 1. The van der Waals surface area contributed by atoms with Gasteiger partial charge in [-0.25, -0.2) is 9.18 Å². The Morgan fingerprint density at radius 1 is 1.19 bits per heavy atom. The predicted molar refractivity (Wildman–Crippen MR) is 144 cm³/mol. The zero-order chi connectivity index (χ0) is 25.4. The number of piperazine rings is 1. The number of hydrogen-bond acceptors (Lipinski definition) is 4. The normalized spacial score (nSPS) is 26.0. The lowest BCUT2D eigenvalue weighted by molar-refractivity contribution is 0.140. The molecule has 1 saturated heterocycles. The fourth-order valence-electron chi connectivity index (χ4n) is 6.20. The van der Waals surface area contributed by atoms with Gasteiger partial charge >= 0.3 is 6.03 Å². The number of halogens is 3. The summed E-state index contributed by atoms with van der Waals surface area (Å²) in [5.74, 6) is -0.143. The molecule has 0 radical (unpaired) electrons. The quantitative estimate of drug-likeness (QED) is 0.473. The molecule has 2 saturated carbocycles. The highest BCUT2D eigenvalue weighted by molar-refractivity contribution is 6.33. The Morgan fingerprint density at radius 2 is 1.97 bits per heavy atom. The summed E-state index contributed by atoms with van der Waals surface area (Å²) < 4.78 is 13.7. The number of carbonyl (C=O) groups excluding carboxylic acids is 1. The molecule has 36 heavy (non-hydrogen) atoms. The summed E-state index contributed by atoms with van der Waals surface area (Å²) in [7, 11) is 2.15. The van der Waals surface area contributed by atoms with E-state index in [-0.39, 0.29) is 23.2 Å². The van der Waals surface area contributed by atoms with E-state index in [4.69, 9.17) is 28.9 Å². The summed E-state index contributed by atoms with van der Waals surface area (Å²) >= 11 is 12.9. The van der Waals surface area contributed by atoms with Crippen LogP contribution in [0, 0.1) is 11.7 Å². The zero-order valence-corrected chi connectivity index (χ0v) is 22.2. The second-order valence-corrected chi connectivity index (χ2v) is 11.4. The molecule has 2 aromatic rings. The van der Waals surface area contributed by atoms with E-state index in [9.17, 15) is 9.18 Å². The Labute approximate surface area is 222 Å². The van der Waals surface area contributed by atoms with E-state index in [2.05, 4.69) is 22.2 Å². The second-order valence-electron chi connectivity index (χ2n) is 10.6. The molecule has 5 rings (SSSR count). The van der Waals surface area contributed by atoms with Gasteiger partial charge in [-0.1, -0.05) is 23.2 Å². The Kier molecular flexibility index (Phi) is 7.37. The summed E-state index contributed by atoms with van der Waals surface area (Å²) in [4.78, 5) is 20.4. The van der Waals surface area contributed by atoms with Crippen LogP contribution in [0.15, 0.2) is 36.4 Å². The van der Waals surface area contributed by atoms with Gasteiger partial charge < -0.3 is 25.8 Å². The number of nitrogens with zero attached hydrogens (tertiary/aromatic N) is 3. The number of rotatable bonds is 7. The summed E-state index contributed by atoms with van der Waals surface area (Å²) in [5.41, 5.74) is 7.35. The third-order valence-electron chi connectivity index (χ3n) is 8.33. The minimum absolute atomic E-state index is 0.0110. The molecular weight excluding hydrogens is 500 g/mol. The van der Waals surface area contributed by atoms with Crippen molar-refractivity contribution in [3.8, 4) is 0 Å². The fourth-order valence-corrected chi connectivity index (χ4v) is 6.68. The number of anilines is 2. The molecule has 3 N–H and O–H groups in total. The zero-order valence-electron chi connectivity index (χ0n) is 20.7. The van der Waals surface area contributed by atoms with Crippen molar-refractivity contribution < 1.29 is 9.18 Å². The average Bonchev–Trinajstić information content (AvgIpc) is 3.48. The van der Waals surface area contributed by atoms with Crippen LogP contribution in [0.25, 0.3) is 0 Å².